The Bertz CT molecular complexity index is 804. The van der Waals surface area contributed by atoms with E-state index in [0.717, 1.165) is 5.56 Å². The zero-order valence-corrected chi connectivity index (χ0v) is 16.1. The minimum Gasteiger partial charge on any atom is -0.480 e. The number of carboxylic acids is 1. The van der Waals surface area contributed by atoms with Gasteiger partial charge < -0.3 is 20.5 Å². The van der Waals surface area contributed by atoms with Crippen LogP contribution >= 0.6 is 0 Å². The van der Waals surface area contributed by atoms with Crippen LogP contribution in [0.2, 0.25) is 0 Å². The number of hydrogen-bond donors (Lipinski definition) is 3. The largest absolute Gasteiger partial charge is 0.480 e. The number of anilines is 1. The van der Waals surface area contributed by atoms with Gasteiger partial charge in [-0.2, -0.15) is 0 Å². The second kappa shape index (κ2) is 9.02. The summed E-state index contributed by atoms with van der Waals surface area (Å²) >= 11 is 0. The van der Waals surface area contributed by atoms with Crippen molar-refractivity contribution in [2.45, 2.75) is 52.3 Å². The van der Waals surface area contributed by atoms with Crippen molar-refractivity contribution in [3.8, 4) is 0 Å². The van der Waals surface area contributed by atoms with Crippen LogP contribution in [0.25, 0.3) is 0 Å². The van der Waals surface area contributed by atoms with E-state index >= 15 is 0 Å². The third-order valence-electron chi connectivity index (χ3n) is 3.32. The number of nitrogens with one attached hydrogen (secondary N) is 2. The van der Waals surface area contributed by atoms with Crippen molar-refractivity contribution in [3.63, 3.8) is 0 Å². The Morgan fingerprint density at radius 3 is 2.39 bits per heavy atom. The number of pyridine rings is 1. The number of carbonyl (C=O) groups excluding carboxylic acids is 1. The molecule has 0 aliphatic carbocycles. The SMILES string of the molecule is Cc1nnc(NCc2ccc(CC(NC(=O)OC(C)(C)C)C(=O)O)nc2)nn1. The summed E-state index contributed by atoms with van der Waals surface area (Å²) in [7, 11) is 0. The molecule has 0 fully saturated rings. The molecule has 0 radical (unpaired) electrons. The lowest BCUT2D eigenvalue weighted by Crippen LogP contribution is -2.44. The summed E-state index contributed by atoms with van der Waals surface area (Å²) in [5.74, 6) is -0.401. The molecule has 0 bridgehead atoms. The van der Waals surface area contributed by atoms with Crippen molar-refractivity contribution in [1.29, 1.82) is 0 Å². The second-order valence-corrected chi connectivity index (χ2v) is 7.02. The van der Waals surface area contributed by atoms with Crippen LogP contribution in [0.3, 0.4) is 0 Å². The Morgan fingerprint density at radius 1 is 1.18 bits per heavy atom. The summed E-state index contributed by atoms with van der Waals surface area (Å²) in [6.07, 6.45) is 0.835. The maximum atomic E-state index is 11.8. The fourth-order valence-electron chi connectivity index (χ4n) is 2.07. The van der Waals surface area contributed by atoms with Crippen molar-refractivity contribution < 1.29 is 19.4 Å². The van der Waals surface area contributed by atoms with Gasteiger partial charge in [-0.1, -0.05) is 6.07 Å². The van der Waals surface area contributed by atoms with Crippen molar-refractivity contribution in [2.24, 2.45) is 0 Å². The molecule has 0 saturated carbocycles. The van der Waals surface area contributed by atoms with Crippen LogP contribution in [0.4, 0.5) is 10.7 Å². The van der Waals surface area contributed by atoms with Gasteiger partial charge in [-0.3, -0.25) is 4.98 Å². The molecule has 0 aliphatic rings. The first-order valence-electron chi connectivity index (χ1n) is 8.56. The number of amides is 1. The molecular formula is C17H23N7O4. The highest BCUT2D eigenvalue weighted by Crippen LogP contribution is 2.09. The van der Waals surface area contributed by atoms with Gasteiger partial charge in [0.15, 0.2) is 5.82 Å². The molecule has 0 spiro atoms. The molecule has 0 aliphatic heterocycles. The zero-order chi connectivity index (χ0) is 20.7. The van der Waals surface area contributed by atoms with Gasteiger partial charge in [-0.15, -0.1) is 20.4 Å². The van der Waals surface area contributed by atoms with Crippen LogP contribution in [0.5, 0.6) is 0 Å². The highest BCUT2D eigenvalue weighted by atomic mass is 16.6. The lowest BCUT2D eigenvalue weighted by Gasteiger charge is -2.21. The number of aryl methyl sites for hydroxylation is 1. The average molecular weight is 389 g/mol. The van der Waals surface area contributed by atoms with Gasteiger partial charge in [0.05, 0.1) is 0 Å². The number of aliphatic carboxylic acids is 1. The molecule has 11 heteroatoms. The number of nitrogens with zero attached hydrogens (tertiary/aromatic N) is 5. The highest BCUT2D eigenvalue weighted by molar-refractivity contribution is 5.80. The lowest BCUT2D eigenvalue weighted by atomic mass is 10.1. The summed E-state index contributed by atoms with van der Waals surface area (Å²) < 4.78 is 5.09. The number of rotatable bonds is 7. The Kier molecular flexibility index (Phi) is 6.74. The number of ether oxygens (including phenoxy) is 1. The van der Waals surface area contributed by atoms with Crippen molar-refractivity contribution in [2.75, 3.05) is 5.32 Å². The van der Waals surface area contributed by atoms with Gasteiger partial charge in [0.25, 0.3) is 5.95 Å². The van der Waals surface area contributed by atoms with E-state index in [-0.39, 0.29) is 6.42 Å². The first-order valence-corrected chi connectivity index (χ1v) is 8.56. The monoisotopic (exact) mass is 389 g/mol. The van der Waals surface area contributed by atoms with Crippen LogP contribution in [-0.4, -0.2) is 54.2 Å². The fourth-order valence-corrected chi connectivity index (χ4v) is 2.07. The van der Waals surface area contributed by atoms with Crippen LogP contribution in [0.1, 0.15) is 37.9 Å². The molecule has 3 N–H and O–H groups in total. The average Bonchev–Trinajstić information content (AvgIpc) is 2.60. The summed E-state index contributed by atoms with van der Waals surface area (Å²) in [5.41, 5.74) is 0.633. The summed E-state index contributed by atoms with van der Waals surface area (Å²) in [6.45, 7) is 7.19. The molecule has 1 amide bonds. The molecule has 2 aromatic rings. The minimum atomic E-state index is -1.17. The van der Waals surface area contributed by atoms with Crippen LogP contribution in [0.15, 0.2) is 18.3 Å². The molecule has 28 heavy (non-hydrogen) atoms. The zero-order valence-electron chi connectivity index (χ0n) is 16.1. The molecule has 2 rings (SSSR count). The van der Waals surface area contributed by atoms with Crippen LogP contribution < -0.4 is 10.6 Å². The Hall–Kier alpha value is -3.37. The second-order valence-electron chi connectivity index (χ2n) is 7.02. The van der Waals surface area contributed by atoms with Gasteiger partial charge in [0, 0.05) is 24.9 Å². The first-order chi connectivity index (χ1) is 13.1. The number of alkyl carbamates (subject to hydrolysis) is 1. The van der Waals surface area contributed by atoms with Gasteiger partial charge in [0.2, 0.25) is 0 Å². The van der Waals surface area contributed by atoms with Crippen molar-refractivity contribution in [3.05, 3.63) is 35.4 Å². The molecule has 11 nitrogen and oxygen atoms in total. The molecule has 0 saturated heterocycles. The molecular weight excluding hydrogens is 366 g/mol. The molecule has 2 aromatic heterocycles. The number of aromatic nitrogens is 5. The quantitative estimate of drug-likeness (QED) is 0.627. The summed E-state index contributed by atoms with van der Waals surface area (Å²) in [4.78, 5) is 27.5. The van der Waals surface area contributed by atoms with Crippen LogP contribution in [0, 0.1) is 6.92 Å². The molecule has 1 atom stereocenters. The van der Waals surface area contributed by atoms with E-state index in [1.807, 2.05) is 0 Å². The normalized spacial score (nSPS) is 12.1. The predicted octanol–water partition coefficient (Wildman–Crippen LogP) is 1.10. The third-order valence-corrected chi connectivity index (χ3v) is 3.32. The third kappa shape index (κ3) is 7.09. The van der Waals surface area contributed by atoms with Crippen molar-refractivity contribution in [1.82, 2.24) is 30.7 Å². The van der Waals surface area contributed by atoms with E-state index in [0.29, 0.717) is 24.0 Å². The maximum Gasteiger partial charge on any atom is 0.408 e. The van der Waals surface area contributed by atoms with E-state index in [1.54, 1.807) is 46.0 Å². The molecule has 0 aromatic carbocycles. The minimum absolute atomic E-state index is 0.0250. The highest BCUT2D eigenvalue weighted by Gasteiger charge is 2.24. The maximum absolute atomic E-state index is 11.8. The number of hydrogen-bond acceptors (Lipinski definition) is 9. The van der Waals surface area contributed by atoms with Crippen molar-refractivity contribution >= 4 is 18.0 Å². The van der Waals surface area contributed by atoms with Crippen LogP contribution in [-0.2, 0) is 22.5 Å². The lowest BCUT2D eigenvalue weighted by molar-refractivity contribution is -0.139. The van der Waals surface area contributed by atoms with E-state index < -0.39 is 23.7 Å². The standard InChI is InChI=1S/C17H23N7O4/c1-10-21-23-15(24-22-10)19-9-11-5-6-12(18-8-11)7-13(14(25)26)20-16(27)28-17(2,3)4/h5-6,8,13H,7,9H2,1-4H3,(H,20,27)(H,25,26)(H,19,23,24). The van der Waals surface area contributed by atoms with E-state index in [9.17, 15) is 14.7 Å². The van der Waals surface area contributed by atoms with Gasteiger partial charge in [-0.25, -0.2) is 9.59 Å². The molecule has 2 heterocycles. The van der Waals surface area contributed by atoms with Gasteiger partial charge in [-0.05, 0) is 39.3 Å². The van der Waals surface area contributed by atoms with E-state index in [2.05, 4.69) is 36.0 Å². The summed E-state index contributed by atoms with van der Waals surface area (Å²) in [5, 5.41) is 29.9. The first kappa shape index (κ1) is 20.9. The van der Waals surface area contributed by atoms with Gasteiger partial charge >= 0.3 is 12.1 Å². The Labute approximate surface area is 162 Å². The number of carboxylic acid groups (broad SMARTS) is 1. The fraction of sp³-hybridized carbons (Fsp3) is 0.471. The topological polar surface area (TPSA) is 152 Å². The summed E-state index contributed by atoms with van der Waals surface area (Å²) in [6, 6.07) is 2.33. The molecule has 150 valence electrons. The Balaban J connectivity index is 1.92. The predicted molar refractivity (Wildman–Crippen MR) is 98.4 cm³/mol. The number of carbonyl (C=O) groups is 2. The van der Waals surface area contributed by atoms with Gasteiger partial charge in [0.1, 0.15) is 11.6 Å². The van der Waals surface area contributed by atoms with E-state index in [1.165, 1.54) is 0 Å². The molecule has 1 unspecified atom stereocenters. The Morgan fingerprint density at radius 2 is 1.86 bits per heavy atom. The smallest absolute Gasteiger partial charge is 0.408 e. The van der Waals surface area contributed by atoms with E-state index in [4.69, 9.17) is 4.74 Å².